The van der Waals surface area contributed by atoms with E-state index in [9.17, 15) is 9.59 Å². The number of thiazole rings is 1. The third-order valence-electron chi connectivity index (χ3n) is 7.36. The van der Waals surface area contributed by atoms with Crippen molar-refractivity contribution in [2.75, 3.05) is 13.6 Å². The van der Waals surface area contributed by atoms with Crippen molar-refractivity contribution in [3.8, 4) is 11.3 Å². The number of aromatic nitrogens is 1. The van der Waals surface area contributed by atoms with Crippen molar-refractivity contribution in [2.45, 2.75) is 65.1 Å². The van der Waals surface area contributed by atoms with E-state index in [-0.39, 0.29) is 29.8 Å². The zero-order valence-electron chi connectivity index (χ0n) is 21.3. The van der Waals surface area contributed by atoms with Gasteiger partial charge in [0.2, 0.25) is 11.8 Å². The van der Waals surface area contributed by atoms with Crippen LogP contribution in [0.5, 0.6) is 0 Å². The first-order valence-corrected chi connectivity index (χ1v) is 13.5. The van der Waals surface area contributed by atoms with Gasteiger partial charge in [0.15, 0.2) is 0 Å². The van der Waals surface area contributed by atoms with Gasteiger partial charge in [-0.15, -0.1) is 11.3 Å². The van der Waals surface area contributed by atoms with E-state index in [4.69, 9.17) is 4.98 Å². The summed E-state index contributed by atoms with van der Waals surface area (Å²) < 4.78 is 0. The molecular weight excluding hydrogens is 456 g/mol. The average molecular weight is 493 g/mol. The summed E-state index contributed by atoms with van der Waals surface area (Å²) in [6.45, 7) is 8.71. The fourth-order valence-electron chi connectivity index (χ4n) is 4.80. The molecule has 35 heavy (non-hydrogen) atoms. The van der Waals surface area contributed by atoms with E-state index in [0.29, 0.717) is 6.54 Å². The number of carbonyl (C=O) groups is 2. The predicted octanol–water partition coefficient (Wildman–Crippen LogP) is 5.07. The number of carbonyl (C=O) groups excluding carboxylic acids is 2. The molecule has 3 aromatic rings. The summed E-state index contributed by atoms with van der Waals surface area (Å²) in [5.74, 6) is -0.108. The molecule has 2 amide bonds. The van der Waals surface area contributed by atoms with E-state index in [1.54, 1.807) is 25.3 Å². The summed E-state index contributed by atoms with van der Waals surface area (Å²) in [4.78, 5) is 33.3. The van der Waals surface area contributed by atoms with E-state index in [1.165, 1.54) is 16.3 Å². The lowest BCUT2D eigenvalue weighted by Crippen LogP contribution is -2.54. The smallest absolute Gasteiger partial charge is 0.246 e. The molecule has 6 nitrogen and oxygen atoms in total. The molecule has 2 N–H and O–H groups in total. The van der Waals surface area contributed by atoms with Gasteiger partial charge >= 0.3 is 0 Å². The Morgan fingerprint density at radius 3 is 2.63 bits per heavy atom. The maximum Gasteiger partial charge on any atom is 0.246 e. The third kappa shape index (κ3) is 5.11. The van der Waals surface area contributed by atoms with Gasteiger partial charge in [0.05, 0.1) is 17.8 Å². The Bertz CT molecular complexity index is 1210. The Labute approximate surface area is 212 Å². The second-order valence-corrected chi connectivity index (χ2v) is 10.5. The van der Waals surface area contributed by atoms with Gasteiger partial charge in [-0.05, 0) is 56.0 Å². The summed E-state index contributed by atoms with van der Waals surface area (Å²) in [7, 11) is 1.75. The van der Waals surface area contributed by atoms with Crippen molar-refractivity contribution in [2.24, 2.45) is 5.92 Å². The Morgan fingerprint density at radius 2 is 1.91 bits per heavy atom. The maximum absolute atomic E-state index is 13.7. The highest BCUT2D eigenvalue weighted by molar-refractivity contribution is 7.10. The minimum absolute atomic E-state index is 0.00367. The molecule has 1 saturated heterocycles. The lowest BCUT2D eigenvalue weighted by Gasteiger charge is -2.31. The Balaban J connectivity index is 1.60. The first-order chi connectivity index (χ1) is 16.8. The van der Waals surface area contributed by atoms with Gasteiger partial charge < -0.3 is 15.5 Å². The van der Waals surface area contributed by atoms with Crippen LogP contribution in [0.3, 0.4) is 0 Å². The molecule has 1 fully saturated rings. The quantitative estimate of drug-likeness (QED) is 0.460. The van der Waals surface area contributed by atoms with E-state index >= 15 is 0 Å². The summed E-state index contributed by atoms with van der Waals surface area (Å²) >= 11 is 1.62. The fourth-order valence-corrected chi connectivity index (χ4v) is 5.76. The monoisotopic (exact) mass is 492 g/mol. The first-order valence-electron chi connectivity index (χ1n) is 12.6. The van der Waals surface area contributed by atoms with Crippen molar-refractivity contribution in [1.82, 2.24) is 20.5 Å². The van der Waals surface area contributed by atoms with Crippen LogP contribution in [0.2, 0.25) is 0 Å². The van der Waals surface area contributed by atoms with Gasteiger partial charge in [0.25, 0.3) is 0 Å². The van der Waals surface area contributed by atoms with Crippen molar-refractivity contribution in [3.63, 3.8) is 0 Å². The van der Waals surface area contributed by atoms with Gasteiger partial charge in [-0.25, -0.2) is 4.98 Å². The van der Waals surface area contributed by atoms with Crippen LogP contribution >= 0.6 is 11.3 Å². The van der Waals surface area contributed by atoms with Crippen LogP contribution in [-0.4, -0.2) is 47.4 Å². The van der Waals surface area contributed by atoms with E-state index in [1.807, 2.05) is 11.8 Å². The molecule has 2 aromatic carbocycles. The van der Waals surface area contributed by atoms with Crippen LogP contribution in [0.1, 0.15) is 56.6 Å². The van der Waals surface area contributed by atoms with Crippen molar-refractivity contribution in [3.05, 3.63) is 52.3 Å². The zero-order chi connectivity index (χ0) is 25.1. The lowest BCUT2D eigenvalue weighted by molar-refractivity contribution is -0.139. The van der Waals surface area contributed by atoms with Gasteiger partial charge in [0.1, 0.15) is 11.0 Å². The minimum Gasteiger partial charge on any atom is -0.343 e. The number of nitrogens with one attached hydrogen (secondary N) is 2. The maximum atomic E-state index is 13.7. The van der Waals surface area contributed by atoms with Crippen molar-refractivity contribution >= 4 is 33.9 Å². The SMILES string of the molecule is CC[C@@H](C)[C@H](NC(=O)[C@H](C)NC)C(=O)N1CCC[C@H]1c1nc(-c2ccc(C)c3ccccc23)cs1. The molecule has 4 atom stereocenters. The summed E-state index contributed by atoms with van der Waals surface area (Å²) in [6, 6.07) is 11.8. The molecule has 2 heterocycles. The van der Waals surface area contributed by atoms with Crippen LogP contribution in [0, 0.1) is 12.8 Å². The van der Waals surface area contributed by atoms with Gasteiger partial charge in [0, 0.05) is 17.5 Å². The Morgan fingerprint density at radius 1 is 1.17 bits per heavy atom. The third-order valence-corrected chi connectivity index (χ3v) is 8.31. The molecule has 4 rings (SSSR count). The highest BCUT2D eigenvalue weighted by Crippen LogP contribution is 2.38. The fraction of sp³-hybridized carbons (Fsp3) is 0.464. The highest BCUT2D eigenvalue weighted by Gasteiger charge is 2.38. The zero-order valence-corrected chi connectivity index (χ0v) is 22.1. The number of nitrogens with zero attached hydrogens (tertiary/aromatic N) is 2. The molecule has 1 aliphatic heterocycles. The molecule has 0 aliphatic carbocycles. The number of likely N-dealkylation sites (tertiary alicyclic amines) is 1. The van der Waals surface area contributed by atoms with Gasteiger partial charge in [-0.3, -0.25) is 9.59 Å². The number of rotatable bonds is 8. The number of aryl methyl sites for hydroxylation is 1. The molecule has 0 radical (unpaired) electrons. The second kappa shape index (κ2) is 10.9. The molecule has 1 aliphatic rings. The van der Waals surface area contributed by atoms with Crippen molar-refractivity contribution in [1.29, 1.82) is 0 Å². The van der Waals surface area contributed by atoms with Crippen LogP contribution in [0.15, 0.2) is 41.8 Å². The molecular formula is C28H36N4O2S. The van der Waals surface area contributed by atoms with Crippen LogP contribution in [-0.2, 0) is 9.59 Å². The topological polar surface area (TPSA) is 74.3 Å². The Hall–Kier alpha value is -2.77. The number of hydrogen-bond donors (Lipinski definition) is 2. The highest BCUT2D eigenvalue weighted by atomic mass is 32.1. The van der Waals surface area contributed by atoms with Gasteiger partial charge in [-0.1, -0.05) is 56.7 Å². The minimum atomic E-state index is -0.538. The number of fused-ring (bicyclic) bond motifs is 1. The molecule has 0 bridgehead atoms. The molecule has 1 aromatic heterocycles. The molecule has 0 saturated carbocycles. The number of benzene rings is 2. The molecule has 0 unspecified atom stereocenters. The van der Waals surface area contributed by atoms with Crippen molar-refractivity contribution < 1.29 is 9.59 Å². The van der Waals surface area contributed by atoms with Gasteiger partial charge in [-0.2, -0.15) is 0 Å². The number of likely N-dealkylation sites (N-methyl/N-ethyl adjacent to an activating group) is 1. The predicted molar refractivity (Wildman–Crippen MR) is 143 cm³/mol. The van der Waals surface area contributed by atoms with Crippen LogP contribution < -0.4 is 10.6 Å². The van der Waals surface area contributed by atoms with E-state index in [2.05, 4.69) is 66.3 Å². The molecule has 0 spiro atoms. The van der Waals surface area contributed by atoms with E-state index < -0.39 is 6.04 Å². The second-order valence-electron chi connectivity index (χ2n) is 9.62. The first kappa shape index (κ1) is 25.3. The number of amides is 2. The normalized spacial score (nSPS) is 18.4. The Kier molecular flexibility index (Phi) is 7.87. The van der Waals surface area contributed by atoms with Crippen LogP contribution in [0.25, 0.3) is 22.0 Å². The van der Waals surface area contributed by atoms with Crippen LogP contribution in [0.4, 0.5) is 0 Å². The average Bonchev–Trinajstić information content (AvgIpc) is 3.56. The summed E-state index contributed by atoms with van der Waals surface area (Å²) in [5.41, 5.74) is 3.32. The molecule has 186 valence electrons. The summed E-state index contributed by atoms with van der Waals surface area (Å²) in [6.07, 6.45) is 2.64. The molecule has 7 heteroatoms. The summed E-state index contributed by atoms with van der Waals surface area (Å²) in [5, 5.41) is 11.5. The van der Waals surface area contributed by atoms with E-state index in [0.717, 1.165) is 35.5 Å². The lowest BCUT2D eigenvalue weighted by atomic mass is 9.97. The largest absolute Gasteiger partial charge is 0.343 e. The number of hydrogen-bond acceptors (Lipinski definition) is 5. The standard InChI is InChI=1S/C28H36N4O2S/c1-6-17(2)25(31-26(33)19(4)29-5)28(34)32-15-9-12-24(32)27-30-23(16-35-27)22-14-13-18(3)20-10-7-8-11-21(20)22/h7-8,10-11,13-14,16-17,19,24-25,29H,6,9,12,15H2,1-5H3,(H,31,33)/t17-,19+,24+,25+/m1/s1.